The Hall–Kier alpha value is -2.21. The van der Waals surface area contributed by atoms with Crippen LogP contribution in [0.15, 0.2) is 27.1 Å². The lowest BCUT2D eigenvalue weighted by molar-refractivity contribution is 0.0200. The molecule has 2 aromatic heterocycles. The van der Waals surface area contributed by atoms with E-state index in [0.29, 0.717) is 25.3 Å². The standard InChI is InChI=1S/C16H17N3O4S/c17-7-13-14-4-1-5-18(14)16(22)19(15(13)21)8-11(20)9-23-10-12-3-2-6-24-12/h2-3,6,11,20H,1,4-5,8-10H2. The first kappa shape index (κ1) is 16.6. The highest BCUT2D eigenvalue weighted by Crippen LogP contribution is 2.13. The largest absolute Gasteiger partial charge is 0.389 e. The lowest BCUT2D eigenvalue weighted by atomic mass is 10.2. The van der Waals surface area contributed by atoms with Crippen LogP contribution >= 0.6 is 11.3 Å². The third-order valence-electron chi connectivity index (χ3n) is 3.97. The SMILES string of the molecule is N#Cc1c2n(c(=O)n(CC(O)COCc3cccs3)c1=O)CCC2. The van der Waals surface area contributed by atoms with Gasteiger partial charge in [-0.3, -0.25) is 13.9 Å². The van der Waals surface area contributed by atoms with Crippen molar-refractivity contribution < 1.29 is 9.84 Å². The molecule has 0 saturated carbocycles. The first-order valence-electron chi connectivity index (χ1n) is 7.66. The minimum Gasteiger partial charge on any atom is -0.389 e. The van der Waals surface area contributed by atoms with Crippen molar-refractivity contribution >= 4 is 11.3 Å². The van der Waals surface area contributed by atoms with Crippen molar-refractivity contribution in [3.05, 3.63) is 54.5 Å². The number of fused-ring (bicyclic) bond motifs is 1. The van der Waals surface area contributed by atoms with E-state index >= 15 is 0 Å². The van der Waals surface area contributed by atoms with Crippen LogP contribution in [0, 0.1) is 11.3 Å². The molecule has 1 aliphatic rings. The van der Waals surface area contributed by atoms with E-state index in [-0.39, 0.29) is 18.7 Å². The van der Waals surface area contributed by atoms with E-state index in [4.69, 9.17) is 4.74 Å². The Bertz CT molecular complexity index is 876. The fourth-order valence-electron chi connectivity index (χ4n) is 2.86. The van der Waals surface area contributed by atoms with Gasteiger partial charge in [0.25, 0.3) is 5.56 Å². The van der Waals surface area contributed by atoms with Gasteiger partial charge in [-0.15, -0.1) is 11.3 Å². The summed E-state index contributed by atoms with van der Waals surface area (Å²) in [5.41, 5.74) is -0.595. The second-order valence-electron chi connectivity index (χ2n) is 5.64. The van der Waals surface area contributed by atoms with Gasteiger partial charge in [0.05, 0.1) is 25.9 Å². The Balaban J connectivity index is 1.74. The molecule has 0 radical (unpaired) electrons. The van der Waals surface area contributed by atoms with E-state index in [1.54, 1.807) is 11.3 Å². The lowest BCUT2D eigenvalue weighted by Gasteiger charge is -2.14. The van der Waals surface area contributed by atoms with Crippen molar-refractivity contribution in [1.82, 2.24) is 9.13 Å². The summed E-state index contributed by atoms with van der Waals surface area (Å²) in [7, 11) is 0. The van der Waals surface area contributed by atoms with Gasteiger partial charge in [-0.1, -0.05) is 6.07 Å². The minimum atomic E-state index is -0.998. The topological polar surface area (TPSA) is 97.2 Å². The molecule has 24 heavy (non-hydrogen) atoms. The van der Waals surface area contributed by atoms with E-state index in [2.05, 4.69) is 0 Å². The van der Waals surface area contributed by atoms with Gasteiger partial charge in [0.15, 0.2) is 0 Å². The number of hydrogen-bond acceptors (Lipinski definition) is 6. The van der Waals surface area contributed by atoms with E-state index in [1.165, 1.54) is 4.57 Å². The highest BCUT2D eigenvalue weighted by atomic mass is 32.1. The molecule has 1 atom stereocenters. The molecule has 0 saturated heterocycles. The van der Waals surface area contributed by atoms with E-state index in [1.807, 2.05) is 23.6 Å². The van der Waals surface area contributed by atoms with Gasteiger partial charge in [0.1, 0.15) is 11.6 Å². The Kier molecular flexibility index (Phi) is 4.94. The Morgan fingerprint density at radius 3 is 3.00 bits per heavy atom. The zero-order valence-corrected chi connectivity index (χ0v) is 13.8. The summed E-state index contributed by atoms with van der Waals surface area (Å²) in [6, 6.07) is 5.73. The van der Waals surface area contributed by atoms with Crippen molar-refractivity contribution in [3.63, 3.8) is 0 Å². The fraction of sp³-hybridized carbons (Fsp3) is 0.438. The van der Waals surface area contributed by atoms with Gasteiger partial charge in [0.2, 0.25) is 0 Å². The summed E-state index contributed by atoms with van der Waals surface area (Å²) in [5, 5.41) is 21.2. The summed E-state index contributed by atoms with van der Waals surface area (Å²) in [4.78, 5) is 25.8. The quantitative estimate of drug-likeness (QED) is 0.819. The van der Waals surface area contributed by atoms with Crippen LogP contribution in [0.2, 0.25) is 0 Å². The maximum Gasteiger partial charge on any atom is 0.331 e. The van der Waals surface area contributed by atoms with Crippen LogP contribution in [0.25, 0.3) is 0 Å². The molecule has 3 rings (SSSR count). The molecule has 126 valence electrons. The first-order valence-corrected chi connectivity index (χ1v) is 8.54. The predicted octanol–water partition coefficient (Wildman–Crippen LogP) is 0.467. The number of thiophene rings is 1. The average Bonchev–Trinajstić information content (AvgIpc) is 3.23. The molecule has 1 aliphatic heterocycles. The number of ether oxygens (including phenoxy) is 1. The fourth-order valence-corrected chi connectivity index (χ4v) is 3.50. The lowest BCUT2D eigenvalue weighted by Crippen LogP contribution is -2.44. The second kappa shape index (κ2) is 7.13. The van der Waals surface area contributed by atoms with Gasteiger partial charge in [-0.2, -0.15) is 5.26 Å². The maximum absolute atomic E-state index is 12.4. The molecule has 0 fully saturated rings. The number of aliphatic hydroxyl groups is 1. The Morgan fingerprint density at radius 2 is 2.29 bits per heavy atom. The summed E-state index contributed by atoms with van der Waals surface area (Å²) >= 11 is 1.55. The van der Waals surface area contributed by atoms with Crippen molar-refractivity contribution in [2.75, 3.05) is 6.61 Å². The van der Waals surface area contributed by atoms with Crippen LogP contribution < -0.4 is 11.2 Å². The monoisotopic (exact) mass is 347 g/mol. The first-order chi connectivity index (χ1) is 11.6. The molecule has 2 aromatic rings. The van der Waals surface area contributed by atoms with Gasteiger partial charge >= 0.3 is 5.69 Å². The molecule has 0 spiro atoms. The molecule has 0 amide bonds. The number of hydrogen-bond donors (Lipinski definition) is 1. The zero-order chi connectivity index (χ0) is 17.1. The van der Waals surface area contributed by atoms with Crippen LogP contribution in [-0.4, -0.2) is 27.0 Å². The number of aliphatic hydroxyl groups excluding tert-OH is 1. The van der Waals surface area contributed by atoms with Crippen LogP contribution in [0.4, 0.5) is 0 Å². The molecule has 8 heteroatoms. The van der Waals surface area contributed by atoms with Crippen LogP contribution in [0.5, 0.6) is 0 Å². The van der Waals surface area contributed by atoms with E-state index in [9.17, 15) is 20.0 Å². The predicted molar refractivity (Wildman–Crippen MR) is 88.0 cm³/mol. The highest BCUT2D eigenvalue weighted by molar-refractivity contribution is 7.09. The molecular weight excluding hydrogens is 330 g/mol. The summed E-state index contributed by atoms with van der Waals surface area (Å²) in [5.74, 6) is 0. The zero-order valence-electron chi connectivity index (χ0n) is 13.0. The average molecular weight is 347 g/mol. The van der Waals surface area contributed by atoms with Gasteiger partial charge in [0, 0.05) is 17.1 Å². The summed E-state index contributed by atoms with van der Waals surface area (Å²) < 4.78 is 7.81. The molecule has 0 aromatic carbocycles. The van der Waals surface area contributed by atoms with E-state index in [0.717, 1.165) is 15.9 Å². The Labute approximate surface area is 142 Å². The number of nitriles is 1. The van der Waals surface area contributed by atoms with Crippen molar-refractivity contribution in [2.45, 2.75) is 38.6 Å². The number of nitrogens with zero attached hydrogens (tertiary/aromatic N) is 3. The second-order valence-corrected chi connectivity index (χ2v) is 6.67. The smallest absolute Gasteiger partial charge is 0.331 e. The van der Waals surface area contributed by atoms with E-state index < -0.39 is 17.4 Å². The Morgan fingerprint density at radius 1 is 1.46 bits per heavy atom. The van der Waals surface area contributed by atoms with Crippen LogP contribution in [-0.2, 0) is 30.9 Å². The third-order valence-corrected chi connectivity index (χ3v) is 4.82. The van der Waals surface area contributed by atoms with Crippen molar-refractivity contribution in [2.24, 2.45) is 0 Å². The van der Waals surface area contributed by atoms with Gasteiger partial charge in [-0.25, -0.2) is 4.79 Å². The molecule has 3 heterocycles. The molecular formula is C16H17N3O4S. The molecule has 1 unspecified atom stereocenters. The minimum absolute atomic E-state index is 0.00111. The van der Waals surface area contributed by atoms with Crippen molar-refractivity contribution in [1.29, 1.82) is 5.26 Å². The summed E-state index contributed by atoms with van der Waals surface area (Å²) in [6.07, 6.45) is 0.294. The van der Waals surface area contributed by atoms with Crippen molar-refractivity contribution in [3.8, 4) is 6.07 Å². The normalized spacial score (nSPS) is 14.3. The van der Waals surface area contributed by atoms with Gasteiger partial charge in [-0.05, 0) is 24.3 Å². The summed E-state index contributed by atoms with van der Waals surface area (Å²) in [6.45, 7) is 0.689. The number of rotatable bonds is 6. The highest BCUT2D eigenvalue weighted by Gasteiger charge is 2.23. The molecule has 7 nitrogen and oxygen atoms in total. The molecule has 0 bridgehead atoms. The van der Waals surface area contributed by atoms with Gasteiger partial charge < -0.3 is 9.84 Å². The van der Waals surface area contributed by atoms with Crippen LogP contribution in [0.3, 0.4) is 0 Å². The van der Waals surface area contributed by atoms with Crippen LogP contribution in [0.1, 0.15) is 22.6 Å². The molecule has 0 aliphatic carbocycles. The maximum atomic E-state index is 12.4. The number of aromatic nitrogens is 2. The third kappa shape index (κ3) is 3.19. The molecule has 1 N–H and O–H groups in total.